The third-order valence-corrected chi connectivity index (χ3v) is 3.58. The molecule has 0 fully saturated rings. The Hall–Kier alpha value is -2.88. The highest BCUT2D eigenvalue weighted by Crippen LogP contribution is 2.17. The molecule has 0 unspecified atom stereocenters. The van der Waals surface area contributed by atoms with E-state index in [1.807, 2.05) is 68.4 Å². The van der Waals surface area contributed by atoms with Crippen LogP contribution in [0.4, 0.5) is 5.69 Å². The Morgan fingerprint density at radius 1 is 1.00 bits per heavy atom. The van der Waals surface area contributed by atoms with Crippen molar-refractivity contribution in [3.05, 3.63) is 81.8 Å². The van der Waals surface area contributed by atoms with Gasteiger partial charge in [-0.2, -0.15) is 0 Å². The quantitative estimate of drug-likeness (QED) is 0.737. The van der Waals surface area contributed by atoms with Crippen LogP contribution in [0.5, 0.6) is 0 Å². The lowest BCUT2D eigenvalue weighted by Crippen LogP contribution is -2.17. The SMILES string of the molecule is Cc1ccccc1N=Cc1c(C)[nH]n(-c2ccccc2)c1=O. The van der Waals surface area contributed by atoms with Crippen molar-refractivity contribution in [3.63, 3.8) is 0 Å². The number of rotatable bonds is 3. The Kier molecular flexibility index (Phi) is 3.74. The van der Waals surface area contributed by atoms with Gasteiger partial charge in [-0.1, -0.05) is 36.4 Å². The number of hydrogen-bond acceptors (Lipinski definition) is 2. The fourth-order valence-electron chi connectivity index (χ4n) is 2.31. The molecule has 0 amide bonds. The van der Waals surface area contributed by atoms with Crippen LogP contribution in [0.2, 0.25) is 0 Å². The van der Waals surface area contributed by atoms with Gasteiger partial charge in [0.1, 0.15) is 0 Å². The number of aromatic nitrogens is 2. The van der Waals surface area contributed by atoms with Gasteiger partial charge < -0.3 is 0 Å². The minimum Gasteiger partial charge on any atom is -0.295 e. The number of nitrogens with one attached hydrogen (secondary N) is 1. The maximum absolute atomic E-state index is 12.5. The highest BCUT2D eigenvalue weighted by Gasteiger charge is 2.10. The van der Waals surface area contributed by atoms with E-state index >= 15 is 0 Å². The van der Waals surface area contributed by atoms with E-state index in [0.29, 0.717) is 5.56 Å². The summed E-state index contributed by atoms with van der Waals surface area (Å²) in [6.07, 6.45) is 1.63. The molecule has 4 heteroatoms. The van der Waals surface area contributed by atoms with Crippen LogP contribution in [0.1, 0.15) is 16.8 Å². The van der Waals surface area contributed by atoms with Gasteiger partial charge in [0.2, 0.25) is 0 Å². The molecule has 0 saturated heterocycles. The van der Waals surface area contributed by atoms with E-state index in [0.717, 1.165) is 22.6 Å². The summed E-state index contributed by atoms with van der Waals surface area (Å²) in [4.78, 5) is 17.0. The Balaban J connectivity index is 2.01. The smallest absolute Gasteiger partial charge is 0.280 e. The number of aliphatic imine (C=N–C) groups is 1. The van der Waals surface area contributed by atoms with E-state index in [9.17, 15) is 4.79 Å². The molecule has 0 aliphatic rings. The second-order valence-electron chi connectivity index (χ2n) is 5.17. The van der Waals surface area contributed by atoms with Crippen LogP contribution in [0.3, 0.4) is 0 Å². The molecular weight excluding hydrogens is 274 g/mol. The number of H-pyrrole nitrogens is 1. The largest absolute Gasteiger partial charge is 0.295 e. The van der Waals surface area contributed by atoms with Crippen molar-refractivity contribution >= 4 is 11.9 Å². The van der Waals surface area contributed by atoms with E-state index in [4.69, 9.17) is 0 Å². The zero-order valence-corrected chi connectivity index (χ0v) is 12.6. The Labute approximate surface area is 128 Å². The van der Waals surface area contributed by atoms with E-state index in [1.165, 1.54) is 4.68 Å². The molecule has 0 atom stereocenters. The summed E-state index contributed by atoms with van der Waals surface area (Å²) >= 11 is 0. The van der Waals surface area contributed by atoms with Gasteiger partial charge in [-0.05, 0) is 37.6 Å². The minimum absolute atomic E-state index is 0.0963. The minimum atomic E-state index is -0.0963. The lowest BCUT2D eigenvalue weighted by molar-refractivity contribution is 0.835. The van der Waals surface area contributed by atoms with Crippen molar-refractivity contribution in [3.8, 4) is 5.69 Å². The van der Waals surface area contributed by atoms with E-state index < -0.39 is 0 Å². The second kappa shape index (κ2) is 5.85. The van der Waals surface area contributed by atoms with Crippen molar-refractivity contribution in [2.24, 2.45) is 4.99 Å². The maximum Gasteiger partial charge on any atom is 0.280 e. The molecule has 4 nitrogen and oxygen atoms in total. The van der Waals surface area contributed by atoms with Gasteiger partial charge in [-0.15, -0.1) is 0 Å². The normalized spacial score (nSPS) is 11.2. The van der Waals surface area contributed by atoms with Gasteiger partial charge in [-0.3, -0.25) is 14.9 Å². The van der Waals surface area contributed by atoms with Gasteiger partial charge in [0.15, 0.2) is 0 Å². The molecule has 1 N–H and O–H groups in total. The fourth-order valence-corrected chi connectivity index (χ4v) is 2.31. The first-order chi connectivity index (χ1) is 10.7. The molecule has 1 aromatic heterocycles. The number of para-hydroxylation sites is 2. The van der Waals surface area contributed by atoms with Crippen LogP contribution in [0, 0.1) is 13.8 Å². The summed E-state index contributed by atoms with van der Waals surface area (Å²) in [6.45, 7) is 3.87. The van der Waals surface area contributed by atoms with E-state index in [1.54, 1.807) is 6.21 Å². The number of benzene rings is 2. The van der Waals surface area contributed by atoms with Gasteiger partial charge in [-0.25, -0.2) is 4.68 Å². The Bertz CT molecular complexity index is 873. The zero-order chi connectivity index (χ0) is 15.5. The molecule has 0 radical (unpaired) electrons. The first-order valence-corrected chi connectivity index (χ1v) is 7.13. The zero-order valence-electron chi connectivity index (χ0n) is 12.6. The number of aromatic amines is 1. The molecule has 0 spiro atoms. The van der Waals surface area contributed by atoms with Gasteiger partial charge in [0.25, 0.3) is 5.56 Å². The van der Waals surface area contributed by atoms with Crippen LogP contribution in [0.15, 0.2) is 64.4 Å². The van der Waals surface area contributed by atoms with E-state index in [2.05, 4.69) is 10.1 Å². The topological polar surface area (TPSA) is 50.1 Å². The van der Waals surface area contributed by atoms with E-state index in [-0.39, 0.29) is 5.56 Å². The Morgan fingerprint density at radius 3 is 2.41 bits per heavy atom. The lowest BCUT2D eigenvalue weighted by Gasteiger charge is -1.99. The molecule has 0 aliphatic carbocycles. The monoisotopic (exact) mass is 291 g/mol. The van der Waals surface area contributed by atoms with Crippen LogP contribution in [0.25, 0.3) is 5.69 Å². The molecule has 1 heterocycles. The Morgan fingerprint density at radius 2 is 1.68 bits per heavy atom. The molecular formula is C18H17N3O. The summed E-state index contributed by atoms with van der Waals surface area (Å²) < 4.78 is 1.54. The van der Waals surface area contributed by atoms with Crippen molar-refractivity contribution in [1.29, 1.82) is 0 Å². The standard InChI is InChI=1S/C18H17N3O/c1-13-8-6-7-11-17(13)19-12-16-14(2)20-21(18(16)22)15-9-4-3-5-10-15/h3-12,20H,1-2H3. The molecule has 0 bridgehead atoms. The number of nitrogens with zero attached hydrogens (tertiary/aromatic N) is 2. The predicted octanol–water partition coefficient (Wildman–Crippen LogP) is 3.53. The fraction of sp³-hybridized carbons (Fsp3) is 0.111. The molecule has 110 valence electrons. The lowest BCUT2D eigenvalue weighted by atomic mass is 10.2. The van der Waals surface area contributed by atoms with Gasteiger partial charge in [0, 0.05) is 11.9 Å². The number of hydrogen-bond donors (Lipinski definition) is 1. The van der Waals surface area contributed by atoms with Crippen molar-refractivity contribution in [2.75, 3.05) is 0 Å². The average Bonchev–Trinajstić information content (AvgIpc) is 2.82. The molecule has 2 aromatic carbocycles. The molecule has 22 heavy (non-hydrogen) atoms. The molecule has 0 aliphatic heterocycles. The first kappa shape index (κ1) is 14.1. The first-order valence-electron chi connectivity index (χ1n) is 7.13. The third-order valence-electron chi connectivity index (χ3n) is 3.58. The summed E-state index contributed by atoms with van der Waals surface area (Å²) in [5.41, 5.74) is 4.04. The van der Waals surface area contributed by atoms with Gasteiger partial charge >= 0.3 is 0 Å². The van der Waals surface area contributed by atoms with Crippen molar-refractivity contribution in [2.45, 2.75) is 13.8 Å². The van der Waals surface area contributed by atoms with Crippen LogP contribution in [-0.2, 0) is 0 Å². The summed E-state index contributed by atoms with van der Waals surface area (Å²) in [5, 5.41) is 3.09. The summed E-state index contributed by atoms with van der Waals surface area (Å²) in [7, 11) is 0. The highest BCUT2D eigenvalue weighted by atomic mass is 16.1. The highest BCUT2D eigenvalue weighted by molar-refractivity contribution is 5.83. The van der Waals surface area contributed by atoms with Crippen LogP contribution >= 0.6 is 0 Å². The van der Waals surface area contributed by atoms with Crippen molar-refractivity contribution in [1.82, 2.24) is 9.78 Å². The second-order valence-corrected chi connectivity index (χ2v) is 5.17. The van der Waals surface area contributed by atoms with Crippen LogP contribution in [-0.4, -0.2) is 16.0 Å². The third kappa shape index (κ3) is 2.63. The number of aryl methyl sites for hydroxylation is 2. The average molecular weight is 291 g/mol. The van der Waals surface area contributed by atoms with Crippen LogP contribution < -0.4 is 5.56 Å². The predicted molar refractivity (Wildman–Crippen MR) is 89.6 cm³/mol. The van der Waals surface area contributed by atoms with Crippen molar-refractivity contribution < 1.29 is 0 Å². The summed E-state index contributed by atoms with van der Waals surface area (Å²) in [6, 6.07) is 17.3. The maximum atomic E-state index is 12.5. The molecule has 0 saturated carbocycles. The molecule has 3 rings (SSSR count). The summed E-state index contributed by atoms with van der Waals surface area (Å²) in [5.74, 6) is 0. The van der Waals surface area contributed by atoms with Gasteiger partial charge in [0.05, 0.1) is 16.9 Å². The molecule has 3 aromatic rings.